The van der Waals surface area contributed by atoms with Crippen molar-refractivity contribution in [3.8, 4) is 0 Å². The first-order valence-electron chi connectivity index (χ1n) is 7.05. The molecule has 118 valence electrons. The zero-order valence-electron chi connectivity index (χ0n) is 12.9. The zero-order valence-corrected chi connectivity index (χ0v) is 13.7. The fourth-order valence-electron chi connectivity index (χ4n) is 2.04. The lowest BCUT2D eigenvalue weighted by Crippen LogP contribution is -2.27. The summed E-state index contributed by atoms with van der Waals surface area (Å²) in [6.45, 7) is 7.00. The summed E-state index contributed by atoms with van der Waals surface area (Å²) in [4.78, 5) is 29.7. The van der Waals surface area contributed by atoms with Gasteiger partial charge in [0.1, 0.15) is 0 Å². The van der Waals surface area contributed by atoms with E-state index in [0.29, 0.717) is 19.7 Å². The van der Waals surface area contributed by atoms with Crippen molar-refractivity contribution < 1.29 is 14.3 Å². The van der Waals surface area contributed by atoms with Crippen LogP contribution in [-0.4, -0.2) is 34.6 Å². The molecule has 2 heterocycles. The van der Waals surface area contributed by atoms with E-state index in [2.05, 4.69) is 10.3 Å². The number of carbonyl (C=O) groups excluding carboxylic acids is 2. The van der Waals surface area contributed by atoms with Gasteiger partial charge in [-0.25, -0.2) is 9.78 Å². The van der Waals surface area contributed by atoms with Gasteiger partial charge < -0.3 is 14.6 Å². The van der Waals surface area contributed by atoms with E-state index in [1.807, 2.05) is 19.9 Å². The van der Waals surface area contributed by atoms with Crippen LogP contribution in [0.15, 0.2) is 18.6 Å². The van der Waals surface area contributed by atoms with Gasteiger partial charge in [0.15, 0.2) is 5.69 Å². The van der Waals surface area contributed by atoms with Crippen molar-refractivity contribution in [3.63, 3.8) is 0 Å². The molecule has 7 heteroatoms. The van der Waals surface area contributed by atoms with Gasteiger partial charge in [-0.2, -0.15) is 0 Å². The maximum atomic E-state index is 12.1. The average molecular weight is 321 g/mol. The van der Waals surface area contributed by atoms with E-state index in [0.717, 1.165) is 15.3 Å². The van der Waals surface area contributed by atoms with Gasteiger partial charge in [0.05, 0.1) is 18.5 Å². The van der Waals surface area contributed by atoms with Crippen LogP contribution in [-0.2, 0) is 11.3 Å². The number of carbonyl (C=O) groups is 2. The van der Waals surface area contributed by atoms with Crippen LogP contribution in [0.4, 0.5) is 0 Å². The summed E-state index contributed by atoms with van der Waals surface area (Å²) in [5, 5.41) is 2.87. The van der Waals surface area contributed by atoms with E-state index in [1.54, 1.807) is 35.4 Å². The number of hydrogen-bond acceptors (Lipinski definition) is 5. The third-order valence-corrected chi connectivity index (χ3v) is 4.02. The van der Waals surface area contributed by atoms with Crippen molar-refractivity contribution in [3.05, 3.63) is 39.6 Å². The minimum Gasteiger partial charge on any atom is -0.461 e. The molecule has 0 aliphatic heterocycles. The first kappa shape index (κ1) is 16.2. The second-order valence-electron chi connectivity index (χ2n) is 4.80. The molecule has 22 heavy (non-hydrogen) atoms. The molecule has 2 aromatic heterocycles. The van der Waals surface area contributed by atoms with Crippen LogP contribution in [0.25, 0.3) is 0 Å². The fourth-order valence-corrected chi connectivity index (χ4v) is 2.96. The van der Waals surface area contributed by atoms with E-state index < -0.39 is 5.97 Å². The molecular weight excluding hydrogens is 302 g/mol. The molecule has 1 amide bonds. The van der Waals surface area contributed by atoms with Crippen LogP contribution in [0.3, 0.4) is 0 Å². The maximum Gasteiger partial charge on any atom is 0.358 e. The van der Waals surface area contributed by atoms with Gasteiger partial charge in [0, 0.05) is 29.0 Å². The van der Waals surface area contributed by atoms with Crippen LogP contribution in [0.2, 0.25) is 0 Å². The molecule has 6 nitrogen and oxygen atoms in total. The van der Waals surface area contributed by atoms with Crippen molar-refractivity contribution in [2.45, 2.75) is 27.3 Å². The quantitative estimate of drug-likeness (QED) is 0.828. The van der Waals surface area contributed by atoms with Crippen molar-refractivity contribution in [2.75, 3.05) is 13.2 Å². The Morgan fingerprint density at radius 2 is 2.18 bits per heavy atom. The monoisotopic (exact) mass is 321 g/mol. The van der Waals surface area contributed by atoms with Gasteiger partial charge in [-0.05, 0) is 26.8 Å². The Labute approximate surface area is 133 Å². The normalized spacial score (nSPS) is 10.5. The molecule has 1 N–H and O–H groups in total. The Bertz CT molecular complexity index is 675. The minimum absolute atomic E-state index is 0.0763. The maximum absolute atomic E-state index is 12.1. The summed E-state index contributed by atoms with van der Waals surface area (Å²) >= 11 is 1.61. The molecule has 0 spiro atoms. The summed E-state index contributed by atoms with van der Waals surface area (Å²) in [6.07, 6.45) is 3.17. The van der Waals surface area contributed by atoms with E-state index in [9.17, 15) is 9.59 Å². The molecule has 2 aromatic rings. The first-order chi connectivity index (χ1) is 10.5. The van der Waals surface area contributed by atoms with Gasteiger partial charge in [-0.3, -0.25) is 4.79 Å². The van der Waals surface area contributed by atoms with Crippen LogP contribution in [0.1, 0.15) is 37.5 Å². The SMILES string of the molecule is CCOC(=O)c1cn(CCNC(=O)c2cc(C)sc2C)cn1. The van der Waals surface area contributed by atoms with Gasteiger partial charge in [0.2, 0.25) is 0 Å². The molecule has 0 aromatic carbocycles. The van der Waals surface area contributed by atoms with E-state index in [1.165, 1.54) is 0 Å². The van der Waals surface area contributed by atoms with Crippen LogP contribution in [0, 0.1) is 13.8 Å². The van der Waals surface area contributed by atoms with Crippen LogP contribution < -0.4 is 5.32 Å². The molecule has 0 unspecified atom stereocenters. The molecular formula is C15H19N3O3S. The number of rotatable bonds is 6. The number of imidazole rings is 1. The highest BCUT2D eigenvalue weighted by Crippen LogP contribution is 2.20. The third-order valence-electron chi connectivity index (χ3n) is 3.06. The summed E-state index contributed by atoms with van der Waals surface area (Å²) in [6, 6.07) is 1.89. The number of aromatic nitrogens is 2. The van der Waals surface area contributed by atoms with Gasteiger partial charge in [-0.1, -0.05) is 0 Å². The molecule has 0 saturated carbocycles. The molecule has 0 radical (unpaired) electrons. The van der Waals surface area contributed by atoms with E-state index >= 15 is 0 Å². The third kappa shape index (κ3) is 3.94. The predicted octanol–water partition coefficient (Wildman–Crippen LogP) is 2.17. The number of ether oxygens (including phenoxy) is 1. The Kier molecular flexibility index (Phi) is 5.32. The van der Waals surface area contributed by atoms with E-state index in [4.69, 9.17) is 4.74 Å². The highest BCUT2D eigenvalue weighted by atomic mass is 32.1. The lowest BCUT2D eigenvalue weighted by atomic mass is 10.2. The Balaban J connectivity index is 1.85. The number of nitrogens with zero attached hydrogens (tertiary/aromatic N) is 2. The molecule has 0 fully saturated rings. The van der Waals surface area contributed by atoms with Crippen molar-refractivity contribution in [2.24, 2.45) is 0 Å². The Morgan fingerprint density at radius 3 is 2.82 bits per heavy atom. The van der Waals surface area contributed by atoms with Gasteiger partial charge in [0.25, 0.3) is 5.91 Å². The van der Waals surface area contributed by atoms with Gasteiger partial charge in [-0.15, -0.1) is 11.3 Å². The molecule has 2 rings (SSSR count). The Morgan fingerprint density at radius 1 is 1.41 bits per heavy atom. The number of thiophene rings is 1. The number of hydrogen-bond donors (Lipinski definition) is 1. The predicted molar refractivity (Wildman–Crippen MR) is 84.3 cm³/mol. The zero-order chi connectivity index (χ0) is 16.1. The lowest BCUT2D eigenvalue weighted by Gasteiger charge is -2.05. The number of amides is 1. The van der Waals surface area contributed by atoms with Crippen molar-refractivity contribution in [1.29, 1.82) is 0 Å². The molecule has 0 saturated heterocycles. The highest BCUT2D eigenvalue weighted by Gasteiger charge is 2.12. The summed E-state index contributed by atoms with van der Waals surface area (Å²) in [7, 11) is 0. The minimum atomic E-state index is -0.436. The number of nitrogens with one attached hydrogen (secondary N) is 1. The molecule has 0 aliphatic rings. The second-order valence-corrected chi connectivity index (χ2v) is 6.26. The molecule has 0 bridgehead atoms. The van der Waals surface area contributed by atoms with Gasteiger partial charge >= 0.3 is 5.97 Å². The average Bonchev–Trinajstić information content (AvgIpc) is 3.05. The summed E-state index contributed by atoms with van der Waals surface area (Å²) in [5.41, 5.74) is 0.998. The number of esters is 1. The highest BCUT2D eigenvalue weighted by molar-refractivity contribution is 7.12. The molecule has 0 atom stereocenters. The number of aryl methyl sites for hydroxylation is 2. The van der Waals surface area contributed by atoms with Crippen LogP contribution in [0.5, 0.6) is 0 Å². The first-order valence-corrected chi connectivity index (χ1v) is 7.87. The summed E-state index contributed by atoms with van der Waals surface area (Å²) < 4.78 is 6.62. The van der Waals surface area contributed by atoms with Crippen LogP contribution >= 0.6 is 11.3 Å². The largest absolute Gasteiger partial charge is 0.461 e. The summed E-state index contributed by atoms with van der Waals surface area (Å²) in [5.74, 6) is -0.512. The standard InChI is InChI=1S/C15H19N3O3S/c1-4-21-15(20)13-8-18(9-17-13)6-5-16-14(19)12-7-10(2)22-11(12)3/h7-9H,4-6H2,1-3H3,(H,16,19). The lowest BCUT2D eigenvalue weighted by molar-refractivity contribution is 0.0519. The molecule has 0 aliphatic carbocycles. The van der Waals surface area contributed by atoms with Crippen molar-refractivity contribution in [1.82, 2.24) is 14.9 Å². The smallest absolute Gasteiger partial charge is 0.358 e. The fraction of sp³-hybridized carbons (Fsp3) is 0.400. The van der Waals surface area contributed by atoms with E-state index in [-0.39, 0.29) is 11.6 Å². The Hall–Kier alpha value is -2.15. The second kappa shape index (κ2) is 7.22. The van der Waals surface area contributed by atoms with Crippen molar-refractivity contribution >= 4 is 23.2 Å². The topological polar surface area (TPSA) is 73.2 Å².